The molecule has 0 spiro atoms. The van der Waals surface area contributed by atoms with Crippen LogP contribution in [0.2, 0.25) is 0 Å². The summed E-state index contributed by atoms with van der Waals surface area (Å²) >= 11 is 0. The number of benzene rings is 2. The topological polar surface area (TPSA) is 82.4 Å². The molecule has 0 aliphatic carbocycles. The van der Waals surface area contributed by atoms with E-state index in [-0.39, 0.29) is 5.69 Å². The number of amides is 1. The number of hydrogen-bond donors (Lipinski definition) is 1. The van der Waals surface area contributed by atoms with Crippen LogP contribution in [-0.2, 0) is 22.4 Å². The van der Waals surface area contributed by atoms with Gasteiger partial charge in [-0.25, -0.2) is 14.6 Å². The van der Waals surface area contributed by atoms with Gasteiger partial charge in [0.05, 0.1) is 13.2 Å². The largest absolute Gasteiger partial charge is 0.464 e. The number of aromatic nitrogens is 2. The molecule has 3 aromatic rings. The van der Waals surface area contributed by atoms with Gasteiger partial charge in [-0.1, -0.05) is 60.7 Å². The lowest BCUT2D eigenvalue weighted by molar-refractivity contribution is 0.0500. The Bertz CT molecular complexity index is 1090. The van der Waals surface area contributed by atoms with E-state index in [0.717, 1.165) is 11.1 Å². The third kappa shape index (κ3) is 6.44. The third-order valence-electron chi connectivity index (χ3n) is 5.10. The molecule has 1 N–H and O–H groups in total. The van der Waals surface area contributed by atoms with E-state index in [1.54, 1.807) is 0 Å². The maximum atomic E-state index is 12.7. The number of nitrogens with one attached hydrogen (secondary N) is 1. The van der Waals surface area contributed by atoms with Gasteiger partial charge >= 0.3 is 12.1 Å². The zero-order valence-corrected chi connectivity index (χ0v) is 19.8. The van der Waals surface area contributed by atoms with Gasteiger partial charge in [-0.05, 0) is 38.8 Å². The van der Waals surface area contributed by atoms with E-state index >= 15 is 0 Å². The van der Waals surface area contributed by atoms with Crippen molar-refractivity contribution in [3.8, 4) is 0 Å². The van der Waals surface area contributed by atoms with E-state index in [2.05, 4.69) is 10.3 Å². The summed E-state index contributed by atoms with van der Waals surface area (Å²) in [6.07, 6.45) is -0.0682. The summed E-state index contributed by atoms with van der Waals surface area (Å²) in [5, 5.41) is 2.97. The van der Waals surface area contributed by atoms with Gasteiger partial charge in [0, 0.05) is 18.7 Å². The number of alkyl carbamates (subject to hydrolysis) is 1. The molecule has 0 radical (unpaired) electrons. The number of ether oxygens (including phenoxy) is 2. The fourth-order valence-electron chi connectivity index (χ4n) is 3.58. The van der Waals surface area contributed by atoms with Crippen molar-refractivity contribution in [2.45, 2.75) is 52.3 Å². The van der Waals surface area contributed by atoms with Gasteiger partial charge in [0.15, 0.2) is 5.69 Å². The second-order valence-corrected chi connectivity index (χ2v) is 8.86. The molecule has 0 saturated carbocycles. The minimum atomic E-state index is -0.645. The maximum absolute atomic E-state index is 12.7. The SMILES string of the molecule is COC(=O)c1nc([C@H](Cc2ccccc2)NC(=O)OC(C)(C)C)n(Cc2ccccc2)c1C. The lowest BCUT2D eigenvalue weighted by atomic mass is 10.1. The van der Waals surface area contributed by atoms with Crippen LogP contribution in [0.25, 0.3) is 0 Å². The summed E-state index contributed by atoms with van der Waals surface area (Å²) in [5.74, 6) is 0.0442. The molecule has 0 aliphatic heterocycles. The first-order valence-corrected chi connectivity index (χ1v) is 10.9. The quantitative estimate of drug-likeness (QED) is 0.522. The highest BCUT2D eigenvalue weighted by molar-refractivity contribution is 5.88. The van der Waals surface area contributed by atoms with E-state index in [0.29, 0.717) is 24.5 Å². The predicted molar refractivity (Wildman–Crippen MR) is 126 cm³/mol. The summed E-state index contributed by atoms with van der Waals surface area (Å²) in [7, 11) is 1.33. The number of carbonyl (C=O) groups is 2. The highest BCUT2D eigenvalue weighted by atomic mass is 16.6. The van der Waals surface area contributed by atoms with Gasteiger partial charge < -0.3 is 19.4 Å². The Kier molecular flexibility index (Phi) is 7.53. The number of methoxy groups -OCH3 is 1. The summed E-state index contributed by atoms with van der Waals surface area (Å²) in [6, 6.07) is 19.2. The molecular formula is C26H31N3O4. The first-order valence-electron chi connectivity index (χ1n) is 10.9. The molecule has 0 fully saturated rings. The normalized spacial score (nSPS) is 12.2. The highest BCUT2D eigenvalue weighted by Gasteiger charge is 2.28. The van der Waals surface area contributed by atoms with Gasteiger partial charge in [0.1, 0.15) is 11.4 Å². The summed E-state index contributed by atoms with van der Waals surface area (Å²) in [5.41, 5.74) is 2.32. The smallest absolute Gasteiger partial charge is 0.408 e. The molecule has 1 amide bonds. The van der Waals surface area contributed by atoms with Crippen LogP contribution < -0.4 is 5.32 Å². The van der Waals surface area contributed by atoms with Crippen LogP contribution >= 0.6 is 0 Å². The number of rotatable bonds is 7. The zero-order valence-electron chi connectivity index (χ0n) is 19.8. The standard InChI is InChI=1S/C26H31N3O4/c1-18-22(24(30)32-5)28-23(29(18)17-20-14-10-7-11-15-20)21(16-19-12-8-6-9-13-19)27-25(31)33-26(2,3)4/h6-15,21H,16-17H2,1-5H3,(H,27,31)/t21-/m0/s1. The van der Waals surface area contributed by atoms with E-state index < -0.39 is 23.7 Å². The van der Waals surface area contributed by atoms with E-state index in [9.17, 15) is 9.59 Å². The molecule has 1 aromatic heterocycles. The van der Waals surface area contributed by atoms with Crippen LogP contribution in [0.3, 0.4) is 0 Å². The van der Waals surface area contributed by atoms with Crippen molar-refractivity contribution in [2.75, 3.05) is 7.11 Å². The van der Waals surface area contributed by atoms with Gasteiger partial charge in [-0.2, -0.15) is 0 Å². The van der Waals surface area contributed by atoms with Crippen LogP contribution in [0.1, 0.15) is 59.9 Å². The molecule has 7 nitrogen and oxygen atoms in total. The monoisotopic (exact) mass is 449 g/mol. The average Bonchev–Trinajstić information content (AvgIpc) is 3.09. The molecule has 3 rings (SSSR count). The summed E-state index contributed by atoms with van der Waals surface area (Å²) < 4.78 is 12.4. The van der Waals surface area contributed by atoms with Crippen molar-refractivity contribution in [1.29, 1.82) is 0 Å². The Morgan fingerprint density at radius 3 is 2.12 bits per heavy atom. The lowest BCUT2D eigenvalue weighted by Gasteiger charge is -2.24. The number of hydrogen-bond acceptors (Lipinski definition) is 5. The van der Waals surface area contributed by atoms with E-state index in [4.69, 9.17) is 9.47 Å². The van der Waals surface area contributed by atoms with Crippen molar-refractivity contribution in [3.05, 3.63) is 89.0 Å². The molecule has 0 bridgehead atoms. The number of nitrogens with zero attached hydrogens (tertiary/aromatic N) is 2. The van der Waals surface area contributed by atoms with Crippen molar-refractivity contribution < 1.29 is 19.1 Å². The van der Waals surface area contributed by atoms with Crippen molar-refractivity contribution in [2.24, 2.45) is 0 Å². The van der Waals surface area contributed by atoms with E-state index in [1.807, 2.05) is 92.9 Å². The molecule has 0 saturated heterocycles. The van der Waals surface area contributed by atoms with E-state index in [1.165, 1.54) is 7.11 Å². The minimum Gasteiger partial charge on any atom is -0.464 e. The Morgan fingerprint density at radius 1 is 1.00 bits per heavy atom. The first-order chi connectivity index (χ1) is 15.7. The van der Waals surface area contributed by atoms with Gasteiger partial charge in [0.2, 0.25) is 0 Å². The molecule has 33 heavy (non-hydrogen) atoms. The lowest BCUT2D eigenvalue weighted by Crippen LogP contribution is -2.37. The predicted octanol–water partition coefficient (Wildman–Crippen LogP) is 4.83. The molecule has 2 aromatic carbocycles. The van der Waals surface area contributed by atoms with Crippen LogP contribution in [-0.4, -0.2) is 34.3 Å². The molecule has 0 aliphatic rings. The second-order valence-electron chi connectivity index (χ2n) is 8.86. The molecule has 174 valence electrons. The fourth-order valence-corrected chi connectivity index (χ4v) is 3.58. The number of imidazole rings is 1. The zero-order chi connectivity index (χ0) is 24.0. The molecule has 7 heteroatoms. The van der Waals surface area contributed by atoms with Crippen molar-refractivity contribution >= 4 is 12.1 Å². The Labute approximate surface area is 194 Å². The Hall–Kier alpha value is -3.61. The van der Waals surface area contributed by atoms with Crippen LogP contribution in [0.15, 0.2) is 60.7 Å². The molecule has 1 heterocycles. The maximum Gasteiger partial charge on any atom is 0.408 e. The highest BCUT2D eigenvalue weighted by Crippen LogP contribution is 2.24. The molecular weight excluding hydrogens is 418 g/mol. The van der Waals surface area contributed by atoms with Crippen molar-refractivity contribution in [3.63, 3.8) is 0 Å². The molecule has 0 unspecified atom stereocenters. The fraction of sp³-hybridized carbons (Fsp3) is 0.346. The summed E-state index contributed by atoms with van der Waals surface area (Å²) in [4.78, 5) is 29.8. The minimum absolute atomic E-state index is 0.229. The number of esters is 1. The molecule has 1 atom stereocenters. The van der Waals surface area contributed by atoms with Crippen molar-refractivity contribution in [1.82, 2.24) is 14.9 Å². The van der Waals surface area contributed by atoms with Gasteiger partial charge in [-0.15, -0.1) is 0 Å². The Balaban J connectivity index is 2.06. The van der Waals surface area contributed by atoms with Crippen LogP contribution in [0.4, 0.5) is 4.79 Å². The third-order valence-corrected chi connectivity index (χ3v) is 5.10. The van der Waals surface area contributed by atoms with Gasteiger partial charge in [0.25, 0.3) is 0 Å². The summed E-state index contributed by atoms with van der Waals surface area (Å²) in [6.45, 7) is 7.77. The Morgan fingerprint density at radius 2 is 1.58 bits per heavy atom. The van der Waals surface area contributed by atoms with Crippen LogP contribution in [0.5, 0.6) is 0 Å². The van der Waals surface area contributed by atoms with Crippen LogP contribution in [0, 0.1) is 6.92 Å². The van der Waals surface area contributed by atoms with Gasteiger partial charge in [-0.3, -0.25) is 0 Å². The average molecular weight is 450 g/mol. The second kappa shape index (κ2) is 10.3. The first kappa shape index (κ1) is 24.0. The number of carbonyl (C=O) groups excluding carboxylic acids is 2.